The Morgan fingerprint density at radius 2 is 2.05 bits per heavy atom. The van der Waals surface area contributed by atoms with E-state index < -0.39 is 12.0 Å². The number of likely N-dealkylation sites (N-methyl/N-ethyl adjacent to an activating group) is 1. The molecule has 0 heterocycles. The third-order valence-corrected chi connectivity index (χ3v) is 2.87. The van der Waals surface area contributed by atoms with Crippen LogP contribution in [0.3, 0.4) is 0 Å². The molecule has 1 aromatic carbocycles. The highest BCUT2D eigenvalue weighted by Crippen LogP contribution is 2.22. The number of hydrogen-bond acceptors (Lipinski definition) is 4. The van der Waals surface area contributed by atoms with Crippen molar-refractivity contribution >= 4 is 17.6 Å². The zero-order valence-electron chi connectivity index (χ0n) is 11.2. The molecule has 1 unspecified atom stereocenters. The van der Waals surface area contributed by atoms with E-state index in [0.717, 1.165) is 0 Å². The van der Waals surface area contributed by atoms with Crippen LogP contribution in [-0.4, -0.2) is 48.6 Å². The van der Waals surface area contributed by atoms with Crippen LogP contribution < -0.4 is 10.1 Å². The summed E-state index contributed by atoms with van der Waals surface area (Å²) in [7, 11) is 3.01. The molecule has 0 spiro atoms. The molecule has 0 aliphatic rings. The topological polar surface area (TPSA) is 78.9 Å². The third kappa shape index (κ3) is 3.87. The fraction of sp³-hybridized carbons (Fsp3) is 0.385. The number of nitrogens with one attached hydrogen (secondary N) is 1. The van der Waals surface area contributed by atoms with E-state index in [-0.39, 0.29) is 12.5 Å². The lowest BCUT2D eigenvalue weighted by atomic mass is 10.2. The molecule has 0 aromatic heterocycles. The first kappa shape index (κ1) is 14.8. The minimum Gasteiger partial charge on any atom is -0.495 e. The fourth-order valence-corrected chi connectivity index (χ4v) is 1.47. The molecule has 0 saturated heterocycles. The molecule has 6 nitrogen and oxygen atoms in total. The predicted molar refractivity (Wildman–Crippen MR) is 71.4 cm³/mol. The van der Waals surface area contributed by atoms with Crippen molar-refractivity contribution < 1.29 is 19.4 Å². The first-order valence-electron chi connectivity index (χ1n) is 5.82. The zero-order chi connectivity index (χ0) is 14.4. The fourth-order valence-electron chi connectivity index (χ4n) is 1.47. The SMILES string of the molecule is COc1ccccc1NCC(=O)N(C)C(C)C(=O)O. The molecular weight excluding hydrogens is 248 g/mol. The Morgan fingerprint density at radius 1 is 1.42 bits per heavy atom. The minimum atomic E-state index is -1.03. The van der Waals surface area contributed by atoms with E-state index >= 15 is 0 Å². The number of ether oxygens (including phenoxy) is 1. The number of benzene rings is 1. The van der Waals surface area contributed by atoms with Crippen LogP contribution in [0.4, 0.5) is 5.69 Å². The number of carbonyl (C=O) groups excluding carboxylic acids is 1. The van der Waals surface area contributed by atoms with Gasteiger partial charge < -0.3 is 20.1 Å². The van der Waals surface area contributed by atoms with Crippen molar-refractivity contribution in [2.75, 3.05) is 26.0 Å². The molecule has 2 N–H and O–H groups in total. The second-order valence-corrected chi connectivity index (χ2v) is 4.07. The monoisotopic (exact) mass is 266 g/mol. The smallest absolute Gasteiger partial charge is 0.326 e. The van der Waals surface area contributed by atoms with E-state index in [1.807, 2.05) is 12.1 Å². The van der Waals surface area contributed by atoms with Gasteiger partial charge in [-0.2, -0.15) is 0 Å². The number of rotatable bonds is 6. The van der Waals surface area contributed by atoms with Crippen LogP contribution in [0, 0.1) is 0 Å². The number of amides is 1. The van der Waals surface area contributed by atoms with E-state index in [1.54, 1.807) is 19.2 Å². The van der Waals surface area contributed by atoms with Crippen molar-refractivity contribution in [2.45, 2.75) is 13.0 Å². The van der Waals surface area contributed by atoms with E-state index in [1.165, 1.54) is 18.9 Å². The molecule has 104 valence electrons. The molecular formula is C13H18N2O4. The van der Waals surface area contributed by atoms with Gasteiger partial charge in [0.2, 0.25) is 5.91 Å². The first-order valence-corrected chi connectivity index (χ1v) is 5.82. The van der Waals surface area contributed by atoms with Gasteiger partial charge in [0, 0.05) is 7.05 Å². The van der Waals surface area contributed by atoms with E-state index in [9.17, 15) is 9.59 Å². The summed E-state index contributed by atoms with van der Waals surface area (Å²) in [4.78, 5) is 23.8. The highest BCUT2D eigenvalue weighted by Gasteiger charge is 2.21. The summed E-state index contributed by atoms with van der Waals surface area (Å²) in [6.07, 6.45) is 0. The predicted octanol–water partition coefficient (Wildman–Crippen LogP) is 1.04. The molecule has 19 heavy (non-hydrogen) atoms. The maximum absolute atomic E-state index is 11.8. The van der Waals surface area contributed by atoms with Gasteiger partial charge in [-0.25, -0.2) is 4.79 Å². The van der Waals surface area contributed by atoms with E-state index in [0.29, 0.717) is 11.4 Å². The number of methoxy groups -OCH3 is 1. The number of anilines is 1. The van der Waals surface area contributed by atoms with Crippen LogP contribution in [-0.2, 0) is 9.59 Å². The molecule has 0 bridgehead atoms. The second-order valence-electron chi connectivity index (χ2n) is 4.07. The number of aliphatic carboxylic acids is 1. The quantitative estimate of drug-likeness (QED) is 0.804. The molecule has 0 radical (unpaired) electrons. The third-order valence-electron chi connectivity index (χ3n) is 2.87. The van der Waals surface area contributed by atoms with Crippen molar-refractivity contribution in [1.29, 1.82) is 0 Å². The Balaban J connectivity index is 2.61. The van der Waals surface area contributed by atoms with E-state index in [2.05, 4.69) is 5.32 Å². The minimum absolute atomic E-state index is 0.00843. The van der Waals surface area contributed by atoms with Gasteiger partial charge in [0.1, 0.15) is 11.8 Å². The molecule has 1 atom stereocenters. The zero-order valence-corrected chi connectivity index (χ0v) is 11.2. The maximum Gasteiger partial charge on any atom is 0.326 e. The van der Waals surface area contributed by atoms with Gasteiger partial charge in [-0.15, -0.1) is 0 Å². The standard InChI is InChI=1S/C13H18N2O4/c1-9(13(17)18)15(2)12(16)8-14-10-6-4-5-7-11(10)19-3/h4-7,9,14H,8H2,1-3H3,(H,17,18). The van der Waals surface area contributed by atoms with Gasteiger partial charge in [-0.05, 0) is 19.1 Å². The highest BCUT2D eigenvalue weighted by atomic mass is 16.5. The molecule has 0 saturated carbocycles. The Hall–Kier alpha value is -2.24. The van der Waals surface area contributed by atoms with Crippen LogP contribution in [0.25, 0.3) is 0 Å². The number of para-hydroxylation sites is 2. The number of nitrogens with zero attached hydrogens (tertiary/aromatic N) is 1. The van der Waals surface area contributed by atoms with Gasteiger partial charge in [0.05, 0.1) is 19.3 Å². The van der Waals surface area contributed by atoms with Crippen LogP contribution in [0.5, 0.6) is 5.75 Å². The molecule has 1 rings (SSSR count). The van der Waals surface area contributed by atoms with Gasteiger partial charge in [-0.3, -0.25) is 4.79 Å². The summed E-state index contributed by atoms with van der Waals surface area (Å²) < 4.78 is 5.14. The number of carboxylic acids is 1. The number of carbonyl (C=O) groups is 2. The molecule has 6 heteroatoms. The number of hydrogen-bond donors (Lipinski definition) is 2. The molecule has 0 fully saturated rings. The van der Waals surface area contributed by atoms with Gasteiger partial charge in [0.25, 0.3) is 0 Å². The summed E-state index contributed by atoms with van der Waals surface area (Å²) >= 11 is 0. The van der Waals surface area contributed by atoms with Crippen molar-refractivity contribution in [3.63, 3.8) is 0 Å². The molecule has 0 aliphatic heterocycles. The maximum atomic E-state index is 11.8. The van der Waals surface area contributed by atoms with Crippen molar-refractivity contribution in [3.05, 3.63) is 24.3 Å². The Bertz CT molecular complexity index is 462. The Labute approximate surface area is 112 Å². The lowest BCUT2D eigenvalue weighted by Gasteiger charge is -2.22. The van der Waals surface area contributed by atoms with Crippen LogP contribution >= 0.6 is 0 Å². The molecule has 0 aliphatic carbocycles. The van der Waals surface area contributed by atoms with Crippen LogP contribution in [0.15, 0.2) is 24.3 Å². The summed E-state index contributed by atoms with van der Waals surface area (Å²) in [5, 5.41) is 11.8. The van der Waals surface area contributed by atoms with Crippen molar-refractivity contribution in [1.82, 2.24) is 4.90 Å². The summed E-state index contributed by atoms with van der Waals surface area (Å²) in [6.45, 7) is 1.47. The highest BCUT2D eigenvalue weighted by molar-refractivity contribution is 5.86. The van der Waals surface area contributed by atoms with Crippen LogP contribution in [0.2, 0.25) is 0 Å². The van der Waals surface area contributed by atoms with Crippen LogP contribution in [0.1, 0.15) is 6.92 Å². The molecule has 1 amide bonds. The summed E-state index contributed by atoms with van der Waals surface area (Å²) in [5.74, 6) is -0.710. The average Bonchev–Trinajstić information content (AvgIpc) is 2.43. The number of carboxylic acid groups (broad SMARTS) is 1. The summed E-state index contributed by atoms with van der Waals surface area (Å²) in [6, 6.07) is 6.35. The average molecular weight is 266 g/mol. The Kier molecular flexibility index (Phi) is 5.17. The van der Waals surface area contributed by atoms with Gasteiger partial charge in [0.15, 0.2) is 0 Å². The Morgan fingerprint density at radius 3 is 2.63 bits per heavy atom. The summed E-state index contributed by atoms with van der Waals surface area (Å²) in [5.41, 5.74) is 0.690. The lowest BCUT2D eigenvalue weighted by molar-refractivity contribution is -0.147. The van der Waals surface area contributed by atoms with Crippen molar-refractivity contribution in [3.8, 4) is 5.75 Å². The van der Waals surface area contributed by atoms with Crippen molar-refractivity contribution in [2.24, 2.45) is 0 Å². The van der Waals surface area contributed by atoms with Gasteiger partial charge in [-0.1, -0.05) is 12.1 Å². The second kappa shape index (κ2) is 6.63. The molecule has 1 aromatic rings. The first-order chi connectivity index (χ1) is 8.97. The normalized spacial score (nSPS) is 11.5. The largest absolute Gasteiger partial charge is 0.495 e. The lowest BCUT2D eigenvalue weighted by Crippen LogP contribution is -2.42. The van der Waals surface area contributed by atoms with Gasteiger partial charge >= 0.3 is 5.97 Å². The van der Waals surface area contributed by atoms with E-state index in [4.69, 9.17) is 9.84 Å².